The summed E-state index contributed by atoms with van der Waals surface area (Å²) in [5.41, 5.74) is -1.86. The van der Waals surface area contributed by atoms with E-state index in [9.17, 15) is 23.5 Å². The summed E-state index contributed by atoms with van der Waals surface area (Å²) in [6, 6.07) is 4.86. The molecular formula is C13H12F2IO4-. The zero-order valence-electron chi connectivity index (χ0n) is 11.0. The highest BCUT2D eigenvalue weighted by molar-refractivity contribution is 14.1. The Labute approximate surface area is 128 Å². The lowest BCUT2D eigenvalue weighted by molar-refractivity contribution is -0.341. The third kappa shape index (κ3) is 3.25. The minimum Gasteiger partial charge on any atom is -0.544 e. The lowest BCUT2D eigenvalue weighted by Crippen LogP contribution is -2.57. The molecule has 110 valence electrons. The molecule has 0 fully saturated rings. The van der Waals surface area contributed by atoms with Crippen LogP contribution in [0.15, 0.2) is 18.2 Å². The summed E-state index contributed by atoms with van der Waals surface area (Å²) in [6.07, 6.45) is 0. The zero-order chi connectivity index (χ0) is 15.7. The number of carbonyl (C=O) groups is 2. The van der Waals surface area contributed by atoms with Crippen molar-refractivity contribution in [3.63, 3.8) is 0 Å². The minimum absolute atomic E-state index is 0.110. The molecule has 20 heavy (non-hydrogen) atoms. The number of alkyl halides is 2. The maximum atomic E-state index is 13.4. The van der Waals surface area contributed by atoms with E-state index in [0.29, 0.717) is 5.56 Å². The van der Waals surface area contributed by atoms with Gasteiger partial charge in [0.2, 0.25) is 0 Å². The number of rotatable bonds is 4. The molecule has 0 spiro atoms. The molecule has 0 saturated carbocycles. The first kappa shape index (κ1) is 16.8. The highest BCUT2D eigenvalue weighted by Gasteiger charge is 2.51. The second-order valence-electron chi connectivity index (χ2n) is 4.72. The van der Waals surface area contributed by atoms with Crippen LogP contribution in [0.25, 0.3) is 0 Å². The van der Waals surface area contributed by atoms with Gasteiger partial charge in [0.25, 0.3) is 0 Å². The van der Waals surface area contributed by atoms with Gasteiger partial charge in [0.05, 0.1) is 5.56 Å². The topological polar surface area (TPSA) is 66.4 Å². The molecule has 4 nitrogen and oxygen atoms in total. The van der Waals surface area contributed by atoms with Gasteiger partial charge in [-0.15, -0.1) is 0 Å². The fourth-order valence-corrected chi connectivity index (χ4v) is 1.90. The van der Waals surface area contributed by atoms with Gasteiger partial charge in [0.15, 0.2) is 5.60 Å². The summed E-state index contributed by atoms with van der Waals surface area (Å²) in [7, 11) is 0. The van der Waals surface area contributed by atoms with Crippen LogP contribution in [-0.2, 0) is 9.53 Å². The third-order valence-corrected chi connectivity index (χ3v) is 3.45. The monoisotopic (exact) mass is 397 g/mol. The van der Waals surface area contributed by atoms with E-state index in [0.717, 1.165) is 17.4 Å². The molecule has 0 saturated heterocycles. The summed E-state index contributed by atoms with van der Waals surface area (Å²) in [4.78, 5) is 22.4. The van der Waals surface area contributed by atoms with E-state index in [1.54, 1.807) is 19.1 Å². The van der Waals surface area contributed by atoms with Gasteiger partial charge in [0.1, 0.15) is 5.97 Å². The Hall–Kier alpha value is -1.25. The van der Waals surface area contributed by atoms with Crippen molar-refractivity contribution in [2.75, 3.05) is 0 Å². The Morgan fingerprint density at radius 2 is 1.85 bits per heavy atom. The van der Waals surface area contributed by atoms with Crippen LogP contribution in [0.4, 0.5) is 8.78 Å². The number of hydrogen-bond acceptors (Lipinski definition) is 4. The maximum Gasteiger partial charge on any atom is 0.339 e. The van der Waals surface area contributed by atoms with Gasteiger partial charge >= 0.3 is 11.9 Å². The van der Waals surface area contributed by atoms with Crippen molar-refractivity contribution >= 4 is 34.5 Å². The van der Waals surface area contributed by atoms with Gasteiger partial charge in [0, 0.05) is 3.57 Å². The van der Waals surface area contributed by atoms with Crippen molar-refractivity contribution < 1.29 is 28.2 Å². The van der Waals surface area contributed by atoms with Gasteiger partial charge in [-0.25, -0.2) is 4.79 Å². The van der Waals surface area contributed by atoms with Crippen LogP contribution in [-0.4, -0.2) is 23.5 Å². The van der Waals surface area contributed by atoms with Crippen molar-refractivity contribution in [3.8, 4) is 0 Å². The predicted octanol–water partition coefficient (Wildman–Crippen LogP) is 1.92. The third-order valence-electron chi connectivity index (χ3n) is 2.78. The second-order valence-corrected chi connectivity index (χ2v) is 5.97. The molecule has 0 heterocycles. The number of carboxylic acid groups (broad SMARTS) is 1. The predicted molar refractivity (Wildman–Crippen MR) is 73.3 cm³/mol. The largest absolute Gasteiger partial charge is 0.544 e. The molecule has 0 aromatic heterocycles. The lowest BCUT2D eigenvalue weighted by atomic mass is 10.00. The summed E-state index contributed by atoms with van der Waals surface area (Å²) in [5, 5.41) is 10.5. The van der Waals surface area contributed by atoms with E-state index in [2.05, 4.69) is 4.74 Å². The Morgan fingerprint density at radius 3 is 2.35 bits per heavy atom. The number of aliphatic carboxylic acids is 1. The molecule has 7 heteroatoms. The SMILES string of the molecule is Cc1ccc(I)cc1C(=O)OC(C)(C)C(F)(F)C(=O)[O-]. The van der Waals surface area contributed by atoms with E-state index in [-0.39, 0.29) is 5.56 Å². The zero-order valence-corrected chi connectivity index (χ0v) is 13.2. The molecule has 1 rings (SSSR count). The highest BCUT2D eigenvalue weighted by atomic mass is 127. The smallest absolute Gasteiger partial charge is 0.339 e. The van der Waals surface area contributed by atoms with Crippen molar-refractivity contribution in [2.45, 2.75) is 32.3 Å². The second kappa shape index (κ2) is 5.63. The Bertz CT molecular complexity index is 555. The van der Waals surface area contributed by atoms with Crippen LogP contribution in [0.3, 0.4) is 0 Å². The number of carbonyl (C=O) groups excluding carboxylic acids is 2. The molecule has 0 aliphatic rings. The molecule has 0 aliphatic carbocycles. The molecule has 0 unspecified atom stereocenters. The van der Waals surface area contributed by atoms with Gasteiger partial charge in [-0.2, -0.15) is 8.78 Å². The van der Waals surface area contributed by atoms with E-state index < -0.39 is 23.5 Å². The Morgan fingerprint density at radius 1 is 1.30 bits per heavy atom. The van der Waals surface area contributed by atoms with Crippen LogP contribution in [0.1, 0.15) is 29.8 Å². The average molecular weight is 397 g/mol. The summed E-state index contributed by atoms with van der Waals surface area (Å²) in [6.45, 7) is 3.27. The Kier molecular flexibility index (Phi) is 4.73. The van der Waals surface area contributed by atoms with Crippen LogP contribution in [0.2, 0.25) is 0 Å². The quantitative estimate of drug-likeness (QED) is 0.576. The minimum atomic E-state index is -4.29. The maximum absolute atomic E-state index is 13.4. The molecule has 0 bridgehead atoms. The number of benzene rings is 1. The first-order valence-electron chi connectivity index (χ1n) is 5.58. The van der Waals surface area contributed by atoms with Gasteiger partial charge < -0.3 is 14.6 Å². The molecule has 0 amide bonds. The molecule has 0 aliphatic heterocycles. The molecular weight excluding hydrogens is 385 g/mol. The normalized spacial score (nSPS) is 12.1. The van der Waals surface area contributed by atoms with Crippen molar-refractivity contribution in [1.29, 1.82) is 0 Å². The number of aryl methyl sites for hydroxylation is 1. The molecule has 0 N–H and O–H groups in total. The van der Waals surface area contributed by atoms with Gasteiger partial charge in [-0.05, 0) is 61.1 Å². The van der Waals surface area contributed by atoms with Crippen LogP contribution in [0.5, 0.6) is 0 Å². The summed E-state index contributed by atoms with van der Waals surface area (Å²) >= 11 is 1.96. The summed E-state index contributed by atoms with van der Waals surface area (Å²) in [5.74, 6) is -7.89. The Balaban J connectivity index is 3.06. The van der Waals surface area contributed by atoms with E-state index in [1.807, 2.05) is 22.6 Å². The fourth-order valence-electron chi connectivity index (χ4n) is 1.41. The number of carboxylic acids is 1. The number of ether oxygens (including phenoxy) is 1. The highest BCUT2D eigenvalue weighted by Crippen LogP contribution is 2.32. The molecule has 0 radical (unpaired) electrons. The standard InChI is InChI=1S/C13H13F2IO4/c1-7-4-5-8(16)6-9(7)10(17)20-12(2,3)13(14,15)11(18)19/h4-6H,1-3H3,(H,18,19)/p-1. The van der Waals surface area contributed by atoms with Crippen LogP contribution >= 0.6 is 22.6 Å². The lowest BCUT2D eigenvalue weighted by Gasteiger charge is -2.34. The number of hydrogen-bond donors (Lipinski definition) is 0. The van der Waals surface area contributed by atoms with E-state index >= 15 is 0 Å². The van der Waals surface area contributed by atoms with E-state index in [1.165, 1.54) is 6.07 Å². The average Bonchev–Trinajstić information content (AvgIpc) is 2.31. The summed E-state index contributed by atoms with van der Waals surface area (Å²) < 4.78 is 32.3. The number of halogens is 3. The fraction of sp³-hybridized carbons (Fsp3) is 0.385. The van der Waals surface area contributed by atoms with Crippen molar-refractivity contribution in [1.82, 2.24) is 0 Å². The van der Waals surface area contributed by atoms with Crippen LogP contribution in [0, 0.1) is 10.5 Å². The molecule has 1 aromatic rings. The first-order chi connectivity index (χ1) is 8.99. The van der Waals surface area contributed by atoms with Crippen molar-refractivity contribution in [3.05, 3.63) is 32.9 Å². The van der Waals surface area contributed by atoms with E-state index in [4.69, 9.17) is 0 Å². The number of esters is 1. The first-order valence-corrected chi connectivity index (χ1v) is 6.65. The molecule has 0 atom stereocenters. The van der Waals surface area contributed by atoms with Gasteiger partial charge in [-0.1, -0.05) is 6.07 Å². The van der Waals surface area contributed by atoms with Gasteiger partial charge in [-0.3, -0.25) is 0 Å². The molecule has 1 aromatic carbocycles. The van der Waals surface area contributed by atoms with Crippen LogP contribution < -0.4 is 5.11 Å². The van der Waals surface area contributed by atoms with Crippen molar-refractivity contribution in [2.24, 2.45) is 0 Å².